The maximum Gasteiger partial charge on any atom is 0.194 e. The molecule has 2 aromatic rings. The number of hydrogen-bond donors (Lipinski definition) is 1. The number of aryl methyl sites for hydroxylation is 1. The highest BCUT2D eigenvalue weighted by molar-refractivity contribution is 5.80. The summed E-state index contributed by atoms with van der Waals surface area (Å²) >= 11 is 0. The maximum atomic E-state index is 5.44. The van der Waals surface area contributed by atoms with Crippen LogP contribution in [0.3, 0.4) is 0 Å². The zero-order valence-electron chi connectivity index (χ0n) is 16.0. The van der Waals surface area contributed by atoms with Gasteiger partial charge in [0, 0.05) is 32.9 Å². The van der Waals surface area contributed by atoms with Crippen LogP contribution >= 0.6 is 0 Å². The highest BCUT2D eigenvalue weighted by Crippen LogP contribution is 2.33. The van der Waals surface area contributed by atoms with E-state index < -0.39 is 0 Å². The summed E-state index contributed by atoms with van der Waals surface area (Å²) < 4.78 is 12.8. The molecular formula is C19H27N5O2. The molecule has 3 rings (SSSR count). The molecule has 0 unspecified atom stereocenters. The summed E-state index contributed by atoms with van der Waals surface area (Å²) in [4.78, 5) is 6.71. The van der Waals surface area contributed by atoms with Crippen molar-refractivity contribution in [2.45, 2.75) is 26.4 Å². The molecule has 1 aliphatic heterocycles. The molecule has 7 heteroatoms. The second kappa shape index (κ2) is 8.12. The highest BCUT2D eigenvalue weighted by atomic mass is 16.5. The largest absolute Gasteiger partial charge is 0.493 e. The lowest BCUT2D eigenvalue weighted by Crippen LogP contribution is -2.44. The molecule has 7 nitrogen and oxygen atoms in total. The Bertz CT molecular complexity index is 784. The minimum absolute atomic E-state index is 0.769. The topological polar surface area (TPSA) is 63.9 Å². The SMILES string of the molecule is CN=C(NCCn1cc(C)cn1)N1CCc2cc(OC)c(OC)cc2C1. The molecule has 1 aromatic heterocycles. The molecule has 0 saturated carbocycles. The van der Waals surface area contributed by atoms with Crippen LogP contribution in [-0.2, 0) is 19.5 Å². The molecule has 0 spiro atoms. The molecule has 1 N–H and O–H groups in total. The highest BCUT2D eigenvalue weighted by Gasteiger charge is 2.21. The molecule has 0 amide bonds. The first-order valence-electron chi connectivity index (χ1n) is 8.83. The van der Waals surface area contributed by atoms with Gasteiger partial charge < -0.3 is 19.7 Å². The van der Waals surface area contributed by atoms with Crippen molar-refractivity contribution in [3.8, 4) is 11.5 Å². The molecule has 1 aromatic carbocycles. The van der Waals surface area contributed by atoms with Gasteiger partial charge in [-0.2, -0.15) is 5.10 Å². The van der Waals surface area contributed by atoms with E-state index in [1.807, 2.05) is 31.0 Å². The second-order valence-corrected chi connectivity index (χ2v) is 6.40. The van der Waals surface area contributed by atoms with Crippen molar-refractivity contribution in [2.75, 3.05) is 34.4 Å². The number of nitrogens with one attached hydrogen (secondary N) is 1. The molecular weight excluding hydrogens is 330 g/mol. The zero-order valence-corrected chi connectivity index (χ0v) is 16.0. The smallest absolute Gasteiger partial charge is 0.194 e. The molecule has 0 atom stereocenters. The number of nitrogens with zero attached hydrogens (tertiary/aromatic N) is 4. The van der Waals surface area contributed by atoms with Crippen LogP contribution in [0.25, 0.3) is 0 Å². The van der Waals surface area contributed by atoms with Crippen LogP contribution in [0.15, 0.2) is 29.5 Å². The third-order valence-electron chi connectivity index (χ3n) is 4.62. The van der Waals surface area contributed by atoms with Crippen molar-refractivity contribution >= 4 is 5.96 Å². The van der Waals surface area contributed by atoms with Gasteiger partial charge in [0.25, 0.3) is 0 Å². The molecule has 1 aliphatic rings. The molecule has 2 heterocycles. The van der Waals surface area contributed by atoms with Gasteiger partial charge in [-0.15, -0.1) is 0 Å². The molecule has 26 heavy (non-hydrogen) atoms. The van der Waals surface area contributed by atoms with Crippen molar-refractivity contribution in [3.05, 3.63) is 41.2 Å². The predicted molar refractivity (Wildman–Crippen MR) is 102 cm³/mol. The van der Waals surface area contributed by atoms with Gasteiger partial charge in [0.15, 0.2) is 17.5 Å². The summed E-state index contributed by atoms with van der Waals surface area (Å²) in [7, 11) is 5.17. The minimum atomic E-state index is 0.769. The van der Waals surface area contributed by atoms with Crippen LogP contribution in [0.4, 0.5) is 0 Å². The zero-order chi connectivity index (χ0) is 18.5. The van der Waals surface area contributed by atoms with Gasteiger partial charge >= 0.3 is 0 Å². The Morgan fingerprint density at radius 1 is 1.23 bits per heavy atom. The Morgan fingerprint density at radius 2 is 1.96 bits per heavy atom. The van der Waals surface area contributed by atoms with E-state index in [1.165, 1.54) is 16.7 Å². The first kappa shape index (κ1) is 18.1. The van der Waals surface area contributed by atoms with Crippen molar-refractivity contribution in [1.29, 1.82) is 0 Å². The summed E-state index contributed by atoms with van der Waals surface area (Å²) in [6, 6.07) is 4.15. The fourth-order valence-electron chi connectivity index (χ4n) is 3.27. The summed E-state index contributed by atoms with van der Waals surface area (Å²) in [5.41, 5.74) is 3.73. The van der Waals surface area contributed by atoms with E-state index in [9.17, 15) is 0 Å². The lowest BCUT2D eigenvalue weighted by atomic mass is 9.99. The van der Waals surface area contributed by atoms with Gasteiger partial charge in [0.2, 0.25) is 0 Å². The first-order chi connectivity index (χ1) is 12.6. The summed E-state index contributed by atoms with van der Waals surface area (Å²) in [6.07, 6.45) is 4.87. The van der Waals surface area contributed by atoms with Crippen molar-refractivity contribution in [2.24, 2.45) is 4.99 Å². The number of ether oxygens (including phenoxy) is 2. The van der Waals surface area contributed by atoms with E-state index in [0.717, 1.165) is 50.1 Å². The number of hydrogen-bond acceptors (Lipinski definition) is 4. The average Bonchev–Trinajstić information content (AvgIpc) is 3.08. The molecule has 140 valence electrons. The number of aromatic nitrogens is 2. The quantitative estimate of drug-likeness (QED) is 0.653. The van der Waals surface area contributed by atoms with Gasteiger partial charge in [0.1, 0.15) is 0 Å². The minimum Gasteiger partial charge on any atom is -0.493 e. The van der Waals surface area contributed by atoms with E-state index in [0.29, 0.717) is 0 Å². The number of benzene rings is 1. The van der Waals surface area contributed by atoms with E-state index in [-0.39, 0.29) is 0 Å². The molecule has 0 radical (unpaired) electrons. The normalized spacial score (nSPS) is 14.2. The number of guanidine groups is 1. The fraction of sp³-hybridized carbons (Fsp3) is 0.474. The lowest BCUT2D eigenvalue weighted by molar-refractivity contribution is 0.345. The van der Waals surface area contributed by atoms with Gasteiger partial charge in [-0.3, -0.25) is 9.67 Å². The van der Waals surface area contributed by atoms with Crippen LogP contribution in [0, 0.1) is 6.92 Å². The van der Waals surface area contributed by atoms with E-state index in [4.69, 9.17) is 9.47 Å². The summed E-state index contributed by atoms with van der Waals surface area (Å²) in [5, 5.41) is 7.75. The third-order valence-corrected chi connectivity index (χ3v) is 4.62. The van der Waals surface area contributed by atoms with Crippen LogP contribution in [0.5, 0.6) is 11.5 Å². The van der Waals surface area contributed by atoms with Gasteiger partial charge in [-0.25, -0.2) is 0 Å². The lowest BCUT2D eigenvalue weighted by Gasteiger charge is -2.32. The Balaban J connectivity index is 1.64. The fourth-order valence-corrected chi connectivity index (χ4v) is 3.27. The number of aliphatic imine (C=N–C) groups is 1. The molecule has 0 fully saturated rings. The maximum absolute atomic E-state index is 5.44. The Kier molecular flexibility index (Phi) is 5.65. The number of fused-ring (bicyclic) bond motifs is 1. The molecule has 0 aliphatic carbocycles. The standard InChI is InChI=1S/C19H27N5O2/c1-14-11-22-24(12-14)8-6-21-19(20-2)23-7-5-15-9-17(25-3)18(26-4)10-16(15)13-23/h9-12H,5-8,13H2,1-4H3,(H,20,21). The summed E-state index contributed by atoms with van der Waals surface area (Å²) in [5.74, 6) is 2.47. The van der Waals surface area contributed by atoms with Crippen LogP contribution in [0.2, 0.25) is 0 Å². The summed E-state index contributed by atoms with van der Waals surface area (Å²) in [6.45, 7) is 5.36. The second-order valence-electron chi connectivity index (χ2n) is 6.40. The van der Waals surface area contributed by atoms with Crippen LogP contribution in [-0.4, -0.2) is 55.0 Å². The number of rotatable bonds is 5. The van der Waals surface area contributed by atoms with Crippen molar-refractivity contribution in [1.82, 2.24) is 20.0 Å². The predicted octanol–water partition coefficient (Wildman–Crippen LogP) is 1.84. The van der Waals surface area contributed by atoms with E-state index >= 15 is 0 Å². The van der Waals surface area contributed by atoms with Crippen molar-refractivity contribution < 1.29 is 9.47 Å². The third kappa shape index (κ3) is 3.92. The van der Waals surface area contributed by atoms with Gasteiger partial charge in [0.05, 0.1) is 27.0 Å². The first-order valence-corrected chi connectivity index (χ1v) is 8.83. The van der Waals surface area contributed by atoms with Gasteiger partial charge in [-0.1, -0.05) is 0 Å². The monoisotopic (exact) mass is 357 g/mol. The van der Waals surface area contributed by atoms with Crippen LogP contribution in [0.1, 0.15) is 16.7 Å². The van der Waals surface area contributed by atoms with Gasteiger partial charge in [-0.05, 0) is 42.2 Å². The molecule has 0 bridgehead atoms. The Hall–Kier alpha value is -2.70. The van der Waals surface area contributed by atoms with Crippen LogP contribution < -0.4 is 14.8 Å². The van der Waals surface area contributed by atoms with E-state index in [2.05, 4.69) is 32.4 Å². The Morgan fingerprint density at radius 3 is 2.58 bits per heavy atom. The van der Waals surface area contributed by atoms with E-state index in [1.54, 1.807) is 14.2 Å². The average molecular weight is 357 g/mol. The number of methoxy groups -OCH3 is 2. The molecule has 0 saturated heterocycles. The Labute approximate surface area is 154 Å². The van der Waals surface area contributed by atoms with Crippen molar-refractivity contribution in [3.63, 3.8) is 0 Å².